The quantitative estimate of drug-likeness (QED) is 0.298. The number of hydrogen-bond acceptors (Lipinski definition) is 7. The molecule has 1 aliphatic carbocycles. The second-order valence-corrected chi connectivity index (χ2v) is 9.76. The van der Waals surface area contributed by atoms with Crippen molar-refractivity contribution >= 4 is 35.2 Å². The number of carbonyl (C=O) groups is 1. The third-order valence-corrected chi connectivity index (χ3v) is 6.37. The second-order valence-electron chi connectivity index (χ2n) is 8.94. The van der Waals surface area contributed by atoms with Gasteiger partial charge in [-0.3, -0.25) is 14.2 Å². The Kier molecular flexibility index (Phi) is 7.56. The smallest absolute Gasteiger partial charge is 0.259 e. The number of amides is 1. The van der Waals surface area contributed by atoms with E-state index in [1.54, 1.807) is 46.1 Å². The molecule has 0 unspecified atom stereocenters. The maximum absolute atomic E-state index is 14.7. The number of aromatic nitrogens is 1. The molecule has 1 saturated carbocycles. The van der Waals surface area contributed by atoms with Crippen LogP contribution in [0.5, 0.6) is 11.5 Å². The van der Waals surface area contributed by atoms with Crippen molar-refractivity contribution in [1.82, 2.24) is 14.6 Å². The first kappa shape index (κ1) is 25.6. The Balaban J connectivity index is 1.85. The molecule has 1 fully saturated rings. The van der Waals surface area contributed by atoms with Crippen molar-refractivity contribution in [2.45, 2.75) is 39.7 Å². The summed E-state index contributed by atoms with van der Waals surface area (Å²) in [5.41, 5.74) is 2.67. The fraction of sp³-hybridized carbons (Fsp3) is 0.308. The molecule has 8 nitrogen and oxygen atoms in total. The number of aryl methyl sites for hydroxylation is 2. The summed E-state index contributed by atoms with van der Waals surface area (Å²) in [7, 11) is 3.34. The van der Waals surface area contributed by atoms with Crippen LogP contribution in [0.4, 0.5) is 21.6 Å². The summed E-state index contributed by atoms with van der Waals surface area (Å²) < 4.78 is 28.4. The molecule has 1 amide bonds. The molecular weight excluding hydrogens is 481 g/mol. The number of halogens is 1. The summed E-state index contributed by atoms with van der Waals surface area (Å²) >= 11 is 1.30. The van der Waals surface area contributed by atoms with E-state index in [0.29, 0.717) is 5.75 Å². The summed E-state index contributed by atoms with van der Waals surface area (Å²) in [6.45, 7) is 5.33. The molecule has 0 bridgehead atoms. The molecule has 0 aliphatic heterocycles. The van der Waals surface area contributed by atoms with Crippen LogP contribution in [0.1, 0.15) is 39.9 Å². The molecule has 4 rings (SSSR count). The van der Waals surface area contributed by atoms with Gasteiger partial charge in [-0.1, -0.05) is 6.07 Å². The topological polar surface area (TPSA) is 96.4 Å². The average Bonchev–Trinajstić information content (AvgIpc) is 3.64. The zero-order chi connectivity index (χ0) is 26.0. The molecule has 1 heterocycles. The van der Waals surface area contributed by atoms with E-state index in [9.17, 15) is 14.0 Å². The third kappa shape index (κ3) is 5.66. The van der Waals surface area contributed by atoms with Gasteiger partial charge in [-0.2, -0.15) is 0 Å². The van der Waals surface area contributed by atoms with Crippen molar-refractivity contribution in [2.24, 2.45) is 7.05 Å². The zero-order valence-corrected chi connectivity index (χ0v) is 21.7. The van der Waals surface area contributed by atoms with Gasteiger partial charge in [-0.25, -0.2) is 9.11 Å². The lowest BCUT2D eigenvalue weighted by Gasteiger charge is -2.21. The molecule has 0 radical (unpaired) electrons. The molecule has 4 N–H and O–H groups in total. The zero-order valence-electron chi connectivity index (χ0n) is 20.9. The van der Waals surface area contributed by atoms with Crippen molar-refractivity contribution in [1.29, 1.82) is 0 Å². The number of pyridine rings is 1. The van der Waals surface area contributed by atoms with Gasteiger partial charge in [0.2, 0.25) is 0 Å². The van der Waals surface area contributed by atoms with Gasteiger partial charge in [0.25, 0.3) is 11.5 Å². The van der Waals surface area contributed by atoms with Gasteiger partial charge in [0.15, 0.2) is 5.75 Å². The number of hydrogen-bond donors (Lipinski definition) is 4. The van der Waals surface area contributed by atoms with Gasteiger partial charge >= 0.3 is 0 Å². The minimum absolute atomic E-state index is 0.0696. The van der Waals surface area contributed by atoms with Crippen molar-refractivity contribution < 1.29 is 13.9 Å². The van der Waals surface area contributed by atoms with Gasteiger partial charge in [0, 0.05) is 37.0 Å². The molecular formula is C26H30FN5O3S. The van der Waals surface area contributed by atoms with E-state index in [1.165, 1.54) is 22.8 Å². The maximum Gasteiger partial charge on any atom is 0.259 e. The summed E-state index contributed by atoms with van der Waals surface area (Å²) in [6, 6.07) is 10.3. The Morgan fingerprint density at radius 3 is 2.53 bits per heavy atom. The Bertz CT molecular complexity index is 1370. The molecule has 0 spiro atoms. The fourth-order valence-corrected chi connectivity index (χ4v) is 4.16. The first-order valence-corrected chi connectivity index (χ1v) is 12.4. The Morgan fingerprint density at radius 1 is 1.11 bits per heavy atom. The van der Waals surface area contributed by atoms with Crippen molar-refractivity contribution in [3.05, 3.63) is 74.8 Å². The van der Waals surface area contributed by atoms with Crippen LogP contribution in [0.25, 0.3) is 0 Å². The Hall–Kier alpha value is -3.50. The normalized spacial score (nSPS) is 12.8. The van der Waals surface area contributed by atoms with E-state index in [1.807, 2.05) is 19.1 Å². The molecule has 2 aromatic carbocycles. The van der Waals surface area contributed by atoms with E-state index >= 15 is 0 Å². The van der Waals surface area contributed by atoms with E-state index in [-0.39, 0.29) is 40.0 Å². The molecule has 36 heavy (non-hydrogen) atoms. The molecule has 0 saturated heterocycles. The maximum atomic E-state index is 14.7. The number of ether oxygens (including phenoxy) is 1. The largest absolute Gasteiger partial charge is 0.456 e. The predicted molar refractivity (Wildman–Crippen MR) is 143 cm³/mol. The van der Waals surface area contributed by atoms with Crippen molar-refractivity contribution in [3.63, 3.8) is 0 Å². The number of nitrogens with zero attached hydrogens (tertiary/aromatic N) is 1. The fourth-order valence-electron chi connectivity index (χ4n) is 3.83. The van der Waals surface area contributed by atoms with E-state index < -0.39 is 11.7 Å². The van der Waals surface area contributed by atoms with Crippen LogP contribution >= 0.6 is 12.1 Å². The van der Waals surface area contributed by atoms with E-state index in [2.05, 4.69) is 20.1 Å². The highest BCUT2D eigenvalue weighted by atomic mass is 32.2. The van der Waals surface area contributed by atoms with Crippen LogP contribution < -0.4 is 30.4 Å². The Labute approximate surface area is 213 Å². The van der Waals surface area contributed by atoms with E-state index in [4.69, 9.17) is 4.74 Å². The first-order valence-electron chi connectivity index (χ1n) is 11.6. The van der Waals surface area contributed by atoms with Crippen LogP contribution in [-0.2, 0) is 7.05 Å². The summed E-state index contributed by atoms with van der Waals surface area (Å²) in [6.07, 6.45) is 1.77. The number of anilines is 3. The summed E-state index contributed by atoms with van der Waals surface area (Å²) in [5.74, 6) is -0.144. The SMILES string of the molecule is CNSNc1cc(C)cc(Oc2c(C(=O)NC3CC3)c(Nc3ccc(C)cc3F)n(C)c(=O)c2C)c1. The van der Waals surface area contributed by atoms with Gasteiger partial charge in [-0.05, 0) is 76.1 Å². The third-order valence-electron chi connectivity index (χ3n) is 5.82. The second kappa shape index (κ2) is 10.6. The molecule has 0 atom stereocenters. The van der Waals surface area contributed by atoms with Crippen molar-refractivity contribution in [2.75, 3.05) is 17.1 Å². The lowest BCUT2D eigenvalue weighted by molar-refractivity contribution is 0.0949. The number of carbonyl (C=O) groups excluding carboxylic acids is 1. The first-order chi connectivity index (χ1) is 17.2. The summed E-state index contributed by atoms with van der Waals surface area (Å²) in [4.78, 5) is 26.7. The molecule has 10 heteroatoms. The molecule has 190 valence electrons. The standard InChI is InChI=1S/C26H30FN5O3S/c1-14-6-9-21(20(27)12-14)30-24-22(25(33)29-17-7-8-17)23(16(3)26(34)32(24)5)35-19-11-15(2)10-18(13-19)31-36-28-4/h6,9-13,17,28,30-31H,7-8H2,1-5H3,(H,29,33). The van der Waals surface area contributed by atoms with Crippen LogP contribution in [-0.4, -0.2) is 23.6 Å². The molecule has 1 aliphatic rings. The highest BCUT2D eigenvalue weighted by Gasteiger charge is 2.30. The highest BCUT2D eigenvalue weighted by Crippen LogP contribution is 2.36. The van der Waals surface area contributed by atoms with Gasteiger partial charge < -0.3 is 20.1 Å². The minimum atomic E-state index is -0.490. The molecule has 3 aromatic rings. The number of benzene rings is 2. The van der Waals surface area contributed by atoms with E-state index in [0.717, 1.165) is 29.7 Å². The van der Waals surface area contributed by atoms with Crippen LogP contribution in [0, 0.1) is 26.6 Å². The van der Waals surface area contributed by atoms with Gasteiger partial charge in [-0.15, -0.1) is 0 Å². The van der Waals surface area contributed by atoms with Crippen LogP contribution in [0.2, 0.25) is 0 Å². The average molecular weight is 512 g/mol. The highest BCUT2D eigenvalue weighted by molar-refractivity contribution is 7.98. The van der Waals surface area contributed by atoms with Crippen LogP contribution in [0.3, 0.4) is 0 Å². The predicted octanol–water partition coefficient (Wildman–Crippen LogP) is 5.07. The number of rotatable bonds is 9. The number of nitrogens with one attached hydrogen (secondary N) is 4. The van der Waals surface area contributed by atoms with Crippen molar-refractivity contribution in [3.8, 4) is 11.5 Å². The molecule has 1 aromatic heterocycles. The lowest BCUT2D eigenvalue weighted by atomic mass is 10.1. The minimum Gasteiger partial charge on any atom is -0.456 e. The Morgan fingerprint density at radius 2 is 1.86 bits per heavy atom. The monoisotopic (exact) mass is 511 g/mol. The van der Waals surface area contributed by atoms with Crippen LogP contribution in [0.15, 0.2) is 41.2 Å². The lowest BCUT2D eigenvalue weighted by Crippen LogP contribution is -2.31. The van der Waals surface area contributed by atoms with Gasteiger partial charge in [0.05, 0.1) is 11.3 Å². The summed E-state index contributed by atoms with van der Waals surface area (Å²) in [5, 5.41) is 5.96. The van der Waals surface area contributed by atoms with Gasteiger partial charge in [0.1, 0.15) is 22.9 Å².